The largest absolute Gasteiger partial charge is 0.477 e. The predicted molar refractivity (Wildman–Crippen MR) is 110 cm³/mol. The monoisotopic (exact) mass is 419 g/mol. The molecule has 3 fully saturated rings. The van der Waals surface area contributed by atoms with E-state index in [2.05, 4.69) is 5.32 Å². The number of nitrogens with zero attached hydrogens (tertiary/aromatic N) is 2. The molecule has 0 unspecified atom stereocenters. The Balaban J connectivity index is 1.78. The van der Waals surface area contributed by atoms with E-state index < -0.39 is 17.2 Å². The molecule has 0 radical (unpaired) electrons. The molecule has 6 nitrogen and oxygen atoms in total. The second kappa shape index (κ2) is 6.19. The topological polar surface area (TPSA) is 74.6 Å². The van der Waals surface area contributed by atoms with E-state index in [0.717, 1.165) is 32.2 Å². The standard InChI is InChI=1S/C21H23ClFN3O3/c1-10-14-17(26(11-3-4-11)7-12(19(14)27)20(28)29)15(22)18(16(10)23)25-8-13(24-2)21(9-25)5-6-21/h7,11,13,24H,3-6,8-9H2,1-2H3,(H,28,29)/t13-/m0/s1. The Morgan fingerprint density at radius 2 is 2.07 bits per heavy atom. The van der Waals surface area contributed by atoms with Gasteiger partial charge in [-0.1, -0.05) is 11.6 Å². The Hall–Kier alpha value is -2.12. The van der Waals surface area contributed by atoms with Gasteiger partial charge in [0.2, 0.25) is 5.43 Å². The Bertz CT molecular complexity index is 1120. The van der Waals surface area contributed by atoms with Crippen molar-refractivity contribution < 1.29 is 14.3 Å². The summed E-state index contributed by atoms with van der Waals surface area (Å²) >= 11 is 6.77. The summed E-state index contributed by atoms with van der Waals surface area (Å²) in [5.74, 6) is -1.84. The zero-order chi connectivity index (χ0) is 20.7. The first-order valence-corrected chi connectivity index (χ1v) is 10.4. The number of halogens is 2. The number of pyridine rings is 1. The third kappa shape index (κ3) is 2.63. The number of anilines is 1. The van der Waals surface area contributed by atoms with Gasteiger partial charge in [-0.3, -0.25) is 4.79 Å². The summed E-state index contributed by atoms with van der Waals surface area (Å²) in [6.45, 7) is 2.92. The van der Waals surface area contributed by atoms with Crippen LogP contribution in [0.4, 0.5) is 10.1 Å². The van der Waals surface area contributed by atoms with E-state index in [0.29, 0.717) is 17.7 Å². The van der Waals surface area contributed by atoms with Gasteiger partial charge in [-0.15, -0.1) is 0 Å². The number of hydrogen-bond donors (Lipinski definition) is 2. The lowest BCUT2D eigenvalue weighted by molar-refractivity contribution is 0.0695. The third-order valence-corrected chi connectivity index (χ3v) is 7.30. The molecule has 1 aromatic heterocycles. The normalized spacial score (nSPS) is 22.6. The van der Waals surface area contributed by atoms with Gasteiger partial charge in [0.25, 0.3) is 0 Å². The molecule has 1 spiro atoms. The van der Waals surface area contributed by atoms with Crippen molar-refractivity contribution in [3.05, 3.63) is 38.4 Å². The first-order valence-electron chi connectivity index (χ1n) is 10.0. The molecule has 1 aromatic carbocycles. The van der Waals surface area contributed by atoms with Crippen molar-refractivity contribution >= 4 is 34.2 Å². The first-order chi connectivity index (χ1) is 13.8. The Morgan fingerprint density at radius 1 is 1.38 bits per heavy atom. The minimum absolute atomic E-state index is 0.0774. The molecular formula is C21H23ClFN3O3. The maximum absolute atomic E-state index is 15.6. The summed E-state index contributed by atoms with van der Waals surface area (Å²) in [6.07, 6.45) is 5.35. The lowest BCUT2D eigenvalue weighted by Crippen LogP contribution is -2.34. The number of likely N-dealkylation sites (N-methyl/N-ethyl adjacent to an activating group) is 1. The Kier molecular flexibility index (Phi) is 4.03. The van der Waals surface area contributed by atoms with E-state index in [1.807, 2.05) is 11.9 Å². The maximum atomic E-state index is 15.6. The number of aromatic nitrogens is 1. The van der Waals surface area contributed by atoms with E-state index in [-0.39, 0.29) is 39.0 Å². The van der Waals surface area contributed by atoms with E-state index >= 15 is 4.39 Å². The average molecular weight is 420 g/mol. The van der Waals surface area contributed by atoms with Crippen molar-refractivity contribution in [2.24, 2.45) is 5.41 Å². The van der Waals surface area contributed by atoms with Gasteiger partial charge in [0.1, 0.15) is 5.56 Å². The van der Waals surface area contributed by atoms with Gasteiger partial charge in [0.05, 0.1) is 21.6 Å². The minimum atomic E-state index is -1.31. The highest BCUT2D eigenvalue weighted by Crippen LogP contribution is 2.55. The smallest absolute Gasteiger partial charge is 0.341 e. The zero-order valence-electron chi connectivity index (χ0n) is 16.4. The van der Waals surface area contributed by atoms with E-state index in [9.17, 15) is 14.7 Å². The van der Waals surface area contributed by atoms with Crippen LogP contribution >= 0.6 is 11.6 Å². The number of aryl methyl sites for hydroxylation is 1. The fraction of sp³-hybridized carbons (Fsp3) is 0.524. The summed E-state index contributed by atoms with van der Waals surface area (Å²) in [5.41, 5.74) is 0.0935. The Labute approximate surface area is 172 Å². The summed E-state index contributed by atoms with van der Waals surface area (Å²) < 4.78 is 17.3. The molecule has 3 aliphatic rings. The number of hydrogen-bond acceptors (Lipinski definition) is 4. The second-order valence-electron chi connectivity index (χ2n) is 8.72. The van der Waals surface area contributed by atoms with Gasteiger partial charge in [-0.2, -0.15) is 0 Å². The second-order valence-corrected chi connectivity index (χ2v) is 9.10. The molecule has 154 valence electrons. The number of benzene rings is 1. The van der Waals surface area contributed by atoms with Crippen molar-refractivity contribution in [3.8, 4) is 0 Å². The van der Waals surface area contributed by atoms with E-state index in [4.69, 9.17) is 11.6 Å². The molecule has 29 heavy (non-hydrogen) atoms. The number of carboxylic acid groups (broad SMARTS) is 1. The molecule has 1 atom stereocenters. The molecule has 2 N–H and O–H groups in total. The van der Waals surface area contributed by atoms with Gasteiger partial charge >= 0.3 is 5.97 Å². The zero-order valence-corrected chi connectivity index (χ0v) is 17.1. The fourth-order valence-electron chi connectivity index (χ4n) is 4.97. The van der Waals surface area contributed by atoms with Crippen LogP contribution in [0.2, 0.25) is 5.02 Å². The molecule has 2 aliphatic carbocycles. The van der Waals surface area contributed by atoms with Gasteiger partial charge in [-0.25, -0.2) is 9.18 Å². The van der Waals surface area contributed by atoms with Gasteiger partial charge in [0.15, 0.2) is 5.82 Å². The van der Waals surface area contributed by atoms with Crippen molar-refractivity contribution in [2.75, 3.05) is 25.0 Å². The SMILES string of the molecule is CN[C@H]1CN(c2c(F)c(C)c3c(=O)c(C(=O)O)cn(C4CC4)c3c2Cl)CC12CC2. The summed E-state index contributed by atoms with van der Waals surface area (Å²) in [5, 5.41) is 13.1. The highest BCUT2D eigenvalue weighted by atomic mass is 35.5. The lowest BCUT2D eigenvalue weighted by Gasteiger charge is -2.25. The molecule has 0 amide bonds. The number of carboxylic acids is 1. The minimum Gasteiger partial charge on any atom is -0.477 e. The van der Waals surface area contributed by atoms with Crippen LogP contribution < -0.4 is 15.6 Å². The van der Waals surface area contributed by atoms with Crippen LogP contribution in [0.3, 0.4) is 0 Å². The number of nitrogens with one attached hydrogen (secondary N) is 1. The van der Waals surface area contributed by atoms with Gasteiger partial charge < -0.3 is 19.9 Å². The predicted octanol–water partition coefficient (Wildman–Crippen LogP) is 3.32. The quantitative estimate of drug-likeness (QED) is 0.795. The molecule has 2 saturated carbocycles. The molecule has 1 saturated heterocycles. The number of rotatable bonds is 4. The van der Waals surface area contributed by atoms with Crippen molar-refractivity contribution in [1.29, 1.82) is 0 Å². The molecule has 2 aromatic rings. The van der Waals surface area contributed by atoms with Gasteiger partial charge in [0, 0.05) is 42.3 Å². The number of fused-ring (bicyclic) bond motifs is 1. The molecule has 2 heterocycles. The van der Waals surface area contributed by atoms with Crippen LogP contribution in [0.15, 0.2) is 11.0 Å². The summed E-state index contributed by atoms with van der Waals surface area (Å²) in [4.78, 5) is 26.5. The van der Waals surface area contributed by atoms with E-state index in [1.165, 1.54) is 6.20 Å². The van der Waals surface area contributed by atoms with Crippen LogP contribution in [-0.2, 0) is 0 Å². The third-order valence-electron chi connectivity index (χ3n) is 6.94. The van der Waals surface area contributed by atoms with Gasteiger partial charge in [-0.05, 0) is 39.7 Å². The summed E-state index contributed by atoms with van der Waals surface area (Å²) in [7, 11) is 1.93. The first kappa shape index (κ1) is 18.9. The van der Waals surface area contributed by atoms with Crippen molar-refractivity contribution in [3.63, 3.8) is 0 Å². The van der Waals surface area contributed by atoms with E-state index in [1.54, 1.807) is 11.5 Å². The highest BCUT2D eigenvalue weighted by Gasteiger charge is 2.55. The summed E-state index contributed by atoms with van der Waals surface area (Å²) in [6, 6.07) is 0.360. The molecule has 0 bridgehead atoms. The average Bonchev–Trinajstić information content (AvgIpc) is 3.58. The van der Waals surface area contributed by atoms with Crippen LogP contribution in [0.25, 0.3) is 10.9 Å². The van der Waals surface area contributed by atoms with Crippen molar-refractivity contribution in [1.82, 2.24) is 9.88 Å². The van der Waals surface area contributed by atoms with Crippen molar-refractivity contribution in [2.45, 2.75) is 44.7 Å². The molecule has 8 heteroatoms. The van der Waals surface area contributed by atoms with Crippen LogP contribution in [-0.4, -0.2) is 41.8 Å². The number of aromatic carboxylic acids is 1. The molecule has 1 aliphatic heterocycles. The lowest BCUT2D eigenvalue weighted by atomic mass is 10.0. The highest BCUT2D eigenvalue weighted by molar-refractivity contribution is 6.38. The maximum Gasteiger partial charge on any atom is 0.341 e. The van der Waals surface area contributed by atoms with Crippen LogP contribution in [0.1, 0.15) is 47.6 Å². The van der Waals surface area contributed by atoms with Crippen LogP contribution in [0.5, 0.6) is 0 Å². The molecular weight excluding hydrogens is 397 g/mol. The number of carbonyl (C=O) groups is 1. The van der Waals surface area contributed by atoms with Crippen LogP contribution in [0, 0.1) is 18.2 Å². The Morgan fingerprint density at radius 3 is 2.59 bits per heavy atom. The fourth-order valence-corrected chi connectivity index (χ4v) is 5.37. The molecule has 5 rings (SSSR count).